The highest BCUT2D eigenvalue weighted by Crippen LogP contribution is 2.39. The van der Waals surface area contributed by atoms with E-state index in [0.717, 1.165) is 63.6 Å². The number of aromatic nitrogens is 3. The Balaban J connectivity index is 1.03. The number of rotatable bonds is 4. The van der Waals surface area contributed by atoms with Crippen LogP contribution in [-0.2, 0) is 4.74 Å². The van der Waals surface area contributed by atoms with Crippen molar-refractivity contribution in [3.05, 3.63) is 54.4 Å². The molecule has 4 fully saturated rings. The first-order chi connectivity index (χ1) is 19.6. The molecule has 1 aromatic carbocycles. The third-order valence-electron chi connectivity index (χ3n) is 8.82. The summed E-state index contributed by atoms with van der Waals surface area (Å²) in [7, 11) is 0. The van der Waals surface area contributed by atoms with E-state index in [0.29, 0.717) is 29.2 Å². The summed E-state index contributed by atoms with van der Waals surface area (Å²) in [6.45, 7) is 5.33. The van der Waals surface area contributed by atoms with Gasteiger partial charge in [-0.2, -0.15) is 0 Å². The molecule has 4 aliphatic rings. The predicted octanol–water partition coefficient (Wildman–Crippen LogP) is 3.29. The van der Waals surface area contributed by atoms with Gasteiger partial charge in [-0.1, -0.05) is 18.1 Å². The standard InChI is InChI=1S/C31H35N7O2/c32-30-28(17-27(34-35-30)26-7-1-2-8-29(26)39)37-18-24-9-10-25(19-37)38(24)23-11-13-33-22(16-23)6-5-14-36-20-31(21-36)12-3-4-15-40-31/h1-2,7-8,11,13,16-17,24-25,39H,3-4,9-10,12,14-15,18-21H2,(H2,32,35). The van der Waals surface area contributed by atoms with Crippen LogP contribution in [0.15, 0.2) is 48.7 Å². The van der Waals surface area contributed by atoms with Gasteiger partial charge in [0.15, 0.2) is 5.82 Å². The van der Waals surface area contributed by atoms with E-state index in [9.17, 15) is 5.11 Å². The number of piperazine rings is 1. The fourth-order valence-electron chi connectivity index (χ4n) is 6.92. The number of likely N-dealkylation sites (tertiary alicyclic amines) is 1. The second kappa shape index (κ2) is 10.3. The van der Waals surface area contributed by atoms with Crippen molar-refractivity contribution < 1.29 is 9.84 Å². The molecule has 3 N–H and O–H groups in total. The van der Waals surface area contributed by atoms with Crippen molar-refractivity contribution in [3.8, 4) is 28.8 Å². The Hall–Kier alpha value is -3.87. The molecule has 4 aliphatic heterocycles. The quantitative estimate of drug-likeness (QED) is 0.485. The SMILES string of the molecule is Nc1nnc(-c2ccccc2O)cc1N1CC2CCC(C1)N2c1ccnc(C#CCN2CC3(CCCCO3)C2)c1. The van der Waals surface area contributed by atoms with E-state index >= 15 is 0 Å². The van der Waals surface area contributed by atoms with Crippen molar-refractivity contribution in [2.24, 2.45) is 0 Å². The number of phenolic OH excluding ortho intramolecular Hbond substituents is 1. The Labute approximate surface area is 235 Å². The fourth-order valence-corrected chi connectivity index (χ4v) is 6.92. The summed E-state index contributed by atoms with van der Waals surface area (Å²) >= 11 is 0. The number of nitrogens with zero attached hydrogens (tertiary/aromatic N) is 6. The maximum atomic E-state index is 10.3. The Kier molecular flexibility index (Phi) is 6.45. The summed E-state index contributed by atoms with van der Waals surface area (Å²) in [5.41, 5.74) is 10.6. The molecular formula is C31H35N7O2. The lowest BCUT2D eigenvalue weighted by Crippen LogP contribution is -2.64. The zero-order valence-electron chi connectivity index (χ0n) is 22.7. The molecule has 0 aliphatic carbocycles. The highest BCUT2D eigenvalue weighted by atomic mass is 16.5. The molecule has 206 valence electrons. The molecule has 3 aromatic rings. The lowest BCUT2D eigenvalue weighted by molar-refractivity contribution is -0.162. The molecule has 4 saturated heterocycles. The molecule has 0 saturated carbocycles. The average Bonchev–Trinajstić information content (AvgIpc) is 3.22. The van der Waals surface area contributed by atoms with Crippen LogP contribution in [0.3, 0.4) is 0 Å². The van der Waals surface area contributed by atoms with E-state index in [2.05, 4.69) is 53.9 Å². The molecule has 9 nitrogen and oxygen atoms in total. The van der Waals surface area contributed by atoms with Gasteiger partial charge in [0.25, 0.3) is 0 Å². The van der Waals surface area contributed by atoms with E-state index < -0.39 is 0 Å². The van der Waals surface area contributed by atoms with Gasteiger partial charge in [0, 0.05) is 62.3 Å². The third-order valence-corrected chi connectivity index (χ3v) is 8.82. The van der Waals surface area contributed by atoms with Gasteiger partial charge in [-0.3, -0.25) is 4.90 Å². The van der Waals surface area contributed by atoms with Crippen LogP contribution in [0.1, 0.15) is 37.8 Å². The molecule has 9 heteroatoms. The maximum Gasteiger partial charge on any atom is 0.169 e. The van der Waals surface area contributed by atoms with Gasteiger partial charge in [0.05, 0.1) is 23.5 Å². The first-order valence-electron chi connectivity index (χ1n) is 14.3. The number of benzene rings is 1. The van der Waals surface area contributed by atoms with Crippen molar-refractivity contribution >= 4 is 17.2 Å². The number of phenols is 1. The Morgan fingerprint density at radius 3 is 2.65 bits per heavy atom. The van der Waals surface area contributed by atoms with Crippen molar-refractivity contribution in [3.63, 3.8) is 0 Å². The van der Waals surface area contributed by atoms with Gasteiger partial charge >= 0.3 is 0 Å². The van der Waals surface area contributed by atoms with Crippen LogP contribution < -0.4 is 15.5 Å². The van der Waals surface area contributed by atoms with Crippen molar-refractivity contribution in [1.29, 1.82) is 0 Å². The van der Waals surface area contributed by atoms with Crippen LogP contribution in [0.25, 0.3) is 11.3 Å². The van der Waals surface area contributed by atoms with E-state index in [1.807, 2.05) is 24.4 Å². The van der Waals surface area contributed by atoms with E-state index in [1.165, 1.54) is 24.9 Å². The fraction of sp³-hybridized carbons (Fsp3) is 0.452. The highest BCUT2D eigenvalue weighted by molar-refractivity contribution is 5.74. The lowest BCUT2D eigenvalue weighted by atomic mass is 9.86. The largest absolute Gasteiger partial charge is 0.507 e. The maximum absolute atomic E-state index is 10.3. The van der Waals surface area contributed by atoms with Crippen LogP contribution >= 0.6 is 0 Å². The molecule has 2 aromatic heterocycles. The van der Waals surface area contributed by atoms with Crippen molar-refractivity contribution in [1.82, 2.24) is 20.1 Å². The third kappa shape index (κ3) is 4.72. The summed E-state index contributed by atoms with van der Waals surface area (Å²) < 4.78 is 6.04. The van der Waals surface area contributed by atoms with Gasteiger partial charge in [-0.25, -0.2) is 4.98 Å². The number of nitrogen functional groups attached to an aromatic ring is 1. The molecule has 6 heterocycles. The second-order valence-corrected chi connectivity index (χ2v) is 11.5. The zero-order valence-corrected chi connectivity index (χ0v) is 22.7. The van der Waals surface area contributed by atoms with Crippen molar-refractivity contribution in [2.45, 2.75) is 49.8 Å². The molecule has 0 amide bonds. The molecule has 7 rings (SSSR count). The van der Waals surface area contributed by atoms with Crippen LogP contribution in [-0.4, -0.2) is 82.2 Å². The van der Waals surface area contributed by atoms with Crippen LogP contribution in [0.5, 0.6) is 5.75 Å². The van der Waals surface area contributed by atoms with E-state index in [-0.39, 0.29) is 11.4 Å². The summed E-state index contributed by atoms with van der Waals surface area (Å²) in [6, 6.07) is 14.1. The molecule has 0 radical (unpaired) electrons. The van der Waals surface area contributed by atoms with Gasteiger partial charge in [-0.05, 0) is 68.4 Å². The zero-order chi connectivity index (χ0) is 27.1. The van der Waals surface area contributed by atoms with Gasteiger partial charge in [0.2, 0.25) is 0 Å². The van der Waals surface area contributed by atoms with Crippen molar-refractivity contribution in [2.75, 3.05) is 54.9 Å². The Morgan fingerprint density at radius 2 is 1.88 bits per heavy atom. The highest BCUT2D eigenvalue weighted by Gasteiger charge is 2.44. The van der Waals surface area contributed by atoms with E-state index in [1.54, 1.807) is 12.1 Å². The van der Waals surface area contributed by atoms with Gasteiger partial charge in [0.1, 0.15) is 11.4 Å². The molecule has 2 bridgehead atoms. The topological polar surface area (TPSA) is 104 Å². The minimum atomic E-state index is 0.0986. The summed E-state index contributed by atoms with van der Waals surface area (Å²) in [4.78, 5) is 11.8. The summed E-state index contributed by atoms with van der Waals surface area (Å²) in [6.07, 6.45) is 7.76. The normalized spacial score (nSPS) is 23.5. The lowest BCUT2D eigenvalue weighted by Gasteiger charge is -2.51. The number of pyridine rings is 1. The van der Waals surface area contributed by atoms with Gasteiger partial charge in [-0.15, -0.1) is 10.2 Å². The monoisotopic (exact) mass is 537 g/mol. The Bertz CT molecular complexity index is 1440. The Morgan fingerprint density at radius 1 is 1.05 bits per heavy atom. The molecular weight excluding hydrogens is 502 g/mol. The average molecular weight is 538 g/mol. The molecule has 2 atom stereocenters. The number of hydrogen-bond acceptors (Lipinski definition) is 9. The summed E-state index contributed by atoms with van der Waals surface area (Å²) in [5.74, 6) is 7.23. The minimum Gasteiger partial charge on any atom is -0.507 e. The van der Waals surface area contributed by atoms with E-state index in [4.69, 9.17) is 10.5 Å². The first-order valence-corrected chi connectivity index (χ1v) is 14.3. The van der Waals surface area contributed by atoms with Crippen LogP contribution in [0.4, 0.5) is 17.2 Å². The van der Waals surface area contributed by atoms with Crippen LogP contribution in [0.2, 0.25) is 0 Å². The van der Waals surface area contributed by atoms with Gasteiger partial charge < -0.3 is 25.4 Å². The number of aromatic hydroxyl groups is 1. The predicted molar refractivity (Wildman–Crippen MR) is 155 cm³/mol. The number of anilines is 3. The number of fused-ring (bicyclic) bond motifs is 2. The second-order valence-electron chi connectivity index (χ2n) is 11.5. The molecule has 2 unspecified atom stereocenters. The number of para-hydroxylation sites is 1. The number of ether oxygens (including phenoxy) is 1. The number of nitrogens with two attached hydrogens (primary N) is 1. The number of hydrogen-bond donors (Lipinski definition) is 2. The summed E-state index contributed by atoms with van der Waals surface area (Å²) in [5, 5.41) is 18.8. The van der Waals surface area contributed by atoms with Crippen LogP contribution in [0, 0.1) is 11.8 Å². The molecule has 40 heavy (non-hydrogen) atoms. The first kappa shape index (κ1) is 25.1. The smallest absolute Gasteiger partial charge is 0.169 e. The minimum absolute atomic E-state index is 0.0986. The molecule has 1 spiro atoms.